The van der Waals surface area contributed by atoms with Crippen molar-refractivity contribution in [3.63, 3.8) is 0 Å². The molecule has 28 heavy (non-hydrogen) atoms. The lowest BCUT2D eigenvalue weighted by atomic mass is 9.56. The summed E-state index contributed by atoms with van der Waals surface area (Å²) in [5, 5.41) is 3.06. The van der Waals surface area contributed by atoms with Crippen LogP contribution >= 0.6 is 0 Å². The molecule has 0 saturated heterocycles. The maximum absolute atomic E-state index is 6.85. The highest BCUT2D eigenvalue weighted by Gasteiger charge is 2.49. The molecule has 0 radical (unpaired) electrons. The molecule has 0 heterocycles. The zero-order valence-corrected chi connectivity index (χ0v) is 19.6. The summed E-state index contributed by atoms with van der Waals surface area (Å²) in [6.45, 7) is 18.8. The Morgan fingerprint density at radius 1 is 1.07 bits per heavy atom. The standard InChI is InChI=1S/C26H36OSi/c1-18-22-15-13-21-20-11-9-8-10-19(20)12-14-23(21)26(22,5)17-16-24(18)27-28(6,7)25(2,3)4/h8-12,14,22,24H,1,13,15-17H2,2-7H3/t22-,24+,26-/m0/s1. The van der Waals surface area contributed by atoms with Gasteiger partial charge in [0.2, 0.25) is 0 Å². The van der Waals surface area contributed by atoms with Gasteiger partial charge in [-0.2, -0.15) is 0 Å². The van der Waals surface area contributed by atoms with Crippen LogP contribution in [0.3, 0.4) is 0 Å². The van der Waals surface area contributed by atoms with Gasteiger partial charge < -0.3 is 4.43 Å². The second-order valence-electron chi connectivity index (χ2n) is 10.8. The van der Waals surface area contributed by atoms with Gasteiger partial charge in [-0.1, -0.05) is 70.7 Å². The van der Waals surface area contributed by atoms with Gasteiger partial charge in [0.25, 0.3) is 0 Å². The second-order valence-corrected chi connectivity index (χ2v) is 15.6. The first kappa shape index (κ1) is 19.9. The summed E-state index contributed by atoms with van der Waals surface area (Å²) < 4.78 is 6.85. The summed E-state index contributed by atoms with van der Waals surface area (Å²) in [7, 11) is -1.78. The van der Waals surface area contributed by atoms with Crippen LogP contribution in [0.15, 0.2) is 48.6 Å². The second kappa shape index (κ2) is 6.57. The van der Waals surface area contributed by atoms with E-state index in [1.165, 1.54) is 29.2 Å². The monoisotopic (exact) mass is 392 g/mol. The molecule has 2 heteroatoms. The lowest BCUT2D eigenvalue weighted by Gasteiger charge is -2.52. The van der Waals surface area contributed by atoms with Crippen LogP contribution < -0.4 is 0 Å². The Balaban J connectivity index is 1.67. The zero-order chi connectivity index (χ0) is 20.3. The third-order valence-electron chi connectivity index (χ3n) is 8.14. The average Bonchev–Trinajstić information content (AvgIpc) is 2.63. The molecule has 0 spiro atoms. The van der Waals surface area contributed by atoms with Crippen molar-refractivity contribution in [2.45, 2.75) is 83.0 Å². The fourth-order valence-corrected chi connectivity index (χ4v) is 6.68. The van der Waals surface area contributed by atoms with Crippen molar-refractivity contribution in [2.75, 3.05) is 0 Å². The topological polar surface area (TPSA) is 9.23 Å². The van der Waals surface area contributed by atoms with Gasteiger partial charge in [0.15, 0.2) is 8.32 Å². The maximum atomic E-state index is 6.85. The van der Waals surface area contributed by atoms with E-state index in [4.69, 9.17) is 4.43 Å². The normalized spacial score (nSPS) is 28.1. The van der Waals surface area contributed by atoms with Crippen molar-refractivity contribution < 1.29 is 4.43 Å². The van der Waals surface area contributed by atoms with Gasteiger partial charge in [0.1, 0.15) is 0 Å². The molecule has 0 N–H and O–H groups in total. The highest BCUT2D eigenvalue weighted by Crippen LogP contribution is 2.54. The van der Waals surface area contributed by atoms with Gasteiger partial charge in [0.05, 0.1) is 6.10 Å². The van der Waals surface area contributed by atoms with Crippen LogP contribution in [0.4, 0.5) is 0 Å². The summed E-state index contributed by atoms with van der Waals surface area (Å²) in [4.78, 5) is 0. The summed E-state index contributed by atoms with van der Waals surface area (Å²) in [5.41, 5.74) is 4.70. The molecule has 0 bridgehead atoms. The molecule has 0 amide bonds. The minimum absolute atomic E-state index is 0.196. The molecule has 0 unspecified atom stereocenters. The van der Waals surface area contributed by atoms with E-state index in [1.54, 1.807) is 11.1 Å². The lowest BCUT2D eigenvalue weighted by molar-refractivity contribution is 0.115. The molecule has 0 aliphatic heterocycles. The molecule has 2 aliphatic carbocycles. The van der Waals surface area contributed by atoms with Crippen molar-refractivity contribution in [3.05, 3.63) is 59.7 Å². The fourth-order valence-electron chi connectivity index (χ4n) is 5.35. The van der Waals surface area contributed by atoms with Gasteiger partial charge in [0, 0.05) is 0 Å². The third kappa shape index (κ3) is 3.00. The highest BCUT2D eigenvalue weighted by molar-refractivity contribution is 6.74. The van der Waals surface area contributed by atoms with Crippen molar-refractivity contribution in [1.82, 2.24) is 0 Å². The number of hydrogen-bond acceptors (Lipinski definition) is 1. The average molecular weight is 393 g/mol. The van der Waals surface area contributed by atoms with E-state index < -0.39 is 8.32 Å². The van der Waals surface area contributed by atoms with E-state index in [-0.39, 0.29) is 16.6 Å². The Kier molecular flexibility index (Phi) is 4.67. The van der Waals surface area contributed by atoms with Crippen molar-refractivity contribution >= 4 is 19.1 Å². The summed E-state index contributed by atoms with van der Waals surface area (Å²) in [6.07, 6.45) is 4.89. The van der Waals surface area contributed by atoms with Gasteiger partial charge in [-0.15, -0.1) is 0 Å². The molecular formula is C26H36OSi. The molecule has 1 saturated carbocycles. The Hall–Kier alpha value is -1.38. The molecular weight excluding hydrogens is 356 g/mol. The Bertz CT molecular complexity index is 920. The van der Waals surface area contributed by atoms with Crippen LogP contribution in [-0.2, 0) is 16.3 Å². The van der Waals surface area contributed by atoms with Crippen LogP contribution in [0.25, 0.3) is 10.8 Å². The van der Waals surface area contributed by atoms with Crippen LogP contribution in [-0.4, -0.2) is 14.4 Å². The van der Waals surface area contributed by atoms with Gasteiger partial charge >= 0.3 is 0 Å². The van der Waals surface area contributed by atoms with Crippen molar-refractivity contribution in [3.8, 4) is 0 Å². The van der Waals surface area contributed by atoms with Gasteiger partial charge in [-0.3, -0.25) is 0 Å². The van der Waals surface area contributed by atoms with E-state index in [2.05, 4.69) is 83.8 Å². The van der Waals surface area contributed by atoms with E-state index in [1.807, 2.05) is 0 Å². The molecule has 0 aromatic heterocycles. The molecule has 2 aliphatic rings. The Morgan fingerprint density at radius 3 is 2.50 bits per heavy atom. The van der Waals surface area contributed by atoms with Crippen LogP contribution in [0, 0.1) is 5.92 Å². The largest absolute Gasteiger partial charge is 0.410 e. The summed E-state index contributed by atoms with van der Waals surface area (Å²) in [5.74, 6) is 0.532. The number of aryl methyl sites for hydroxylation is 1. The van der Waals surface area contributed by atoms with Crippen molar-refractivity contribution in [2.24, 2.45) is 5.92 Å². The quantitative estimate of drug-likeness (QED) is 0.382. The minimum atomic E-state index is -1.78. The predicted molar refractivity (Wildman–Crippen MR) is 124 cm³/mol. The Labute approximate surface area is 172 Å². The molecule has 1 fully saturated rings. The molecule has 4 rings (SSSR count). The molecule has 1 nitrogen and oxygen atoms in total. The zero-order valence-electron chi connectivity index (χ0n) is 18.6. The van der Waals surface area contributed by atoms with Crippen molar-refractivity contribution in [1.29, 1.82) is 0 Å². The molecule has 3 atom stereocenters. The van der Waals surface area contributed by atoms with E-state index in [0.717, 1.165) is 12.8 Å². The van der Waals surface area contributed by atoms with Gasteiger partial charge in [-0.25, -0.2) is 0 Å². The lowest BCUT2D eigenvalue weighted by Crippen LogP contribution is -2.50. The molecule has 150 valence electrons. The van der Waals surface area contributed by atoms with Gasteiger partial charge in [-0.05, 0) is 82.6 Å². The number of hydrogen-bond donors (Lipinski definition) is 0. The molecule has 2 aromatic carbocycles. The Morgan fingerprint density at radius 2 is 1.79 bits per heavy atom. The summed E-state index contributed by atoms with van der Waals surface area (Å²) >= 11 is 0. The molecule has 2 aromatic rings. The number of rotatable bonds is 2. The van der Waals surface area contributed by atoms with Crippen LogP contribution in [0.1, 0.15) is 58.1 Å². The third-order valence-corrected chi connectivity index (χ3v) is 12.6. The first-order valence-electron chi connectivity index (χ1n) is 10.9. The van der Waals surface area contributed by atoms with E-state index in [9.17, 15) is 0 Å². The van der Waals surface area contributed by atoms with E-state index in [0.29, 0.717) is 5.92 Å². The fraction of sp³-hybridized carbons (Fsp3) is 0.538. The smallest absolute Gasteiger partial charge is 0.192 e. The highest BCUT2D eigenvalue weighted by atomic mass is 28.4. The SMILES string of the molecule is C=C1[C@H](O[Si](C)(C)C(C)(C)C)CC[C@]2(C)c3ccc4ccccc4c3CC[C@@H]12. The first-order chi connectivity index (χ1) is 13.0. The predicted octanol–water partition coefficient (Wildman–Crippen LogP) is 7.40. The van der Waals surface area contributed by atoms with E-state index >= 15 is 0 Å². The minimum Gasteiger partial charge on any atom is -0.410 e. The van der Waals surface area contributed by atoms with Crippen LogP contribution in [0.5, 0.6) is 0 Å². The number of benzene rings is 2. The maximum Gasteiger partial charge on any atom is 0.192 e. The number of fused-ring (bicyclic) bond motifs is 5. The first-order valence-corrected chi connectivity index (χ1v) is 13.8. The summed E-state index contributed by atoms with van der Waals surface area (Å²) in [6, 6.07) is 13.6. The van der Waals surface area contributed by atoms with Crippen LogP contribution in [0.2, 0.25) is 18.1 Å².